The molecule has 53 heavy (non-hydrogen) atoms. The predicted molar refractivity (Wildman–Crippen MR) is 208 cm³/mol. The number of hydrogen-bond donors (Lipinski definition) is 1. The van der Waals surface area contributed by atoms with Crippen LogP contribution in [0.5, 0.6) is 5.75 Å². The quantitative estimate of drug-likeness (QED) is 0.419. The van der Waals surface area contributed by atoms with E-state index in [9.17, 15) is 13.2 Å². The van der Waals surface area contributed by atoms with E-state index in [-0.39, 0.29) is 17.3 Å². The number of carbonyl (C=O) groups is 1. The van der Waals surface area contributed by atoms with Crippen LogP contribution >= 0.6 is 11.6 Å². The van der Waals surface area contributed by atoms with Crippen molar-refractivity contribution in [1.82, 2.24) is 14.5 Å². The highest BCUT2D eigenvalue weighted by atomic mass is 35.5. The van der Waals surface area contributed by atoms with E-state index in [2.05, 4.69) is 43.7 Å². The van der Waals surface area contributed by atoms with Crippen molar-refractivity contribution in [3.8, 4) is 5.75 Å². The summed E-state index contributed by atoms with van der Waals surface area (Å²) in [6, 6.07) is 12.0. The molecule has 4 aliphatic heterocycles. The normalized spacial score (nSPS) is 35.4. The summed E-state index contributed by atoms with van der Waals surface area (Å²) >= 11 is 6.51. The number of amides is 1. The molecule has 4 heterocycles. The topological polar surface area (TPSA) is 101 Å². The van der Waals surface area contributed by atoms with Gasteiger partial charge in [0, 0.05) is 75.0 Å². The van der Waals surface area contributed by atoms with Gasteiger partial charge < -0.3 is 19.1 Å². The number of allylic oxidation sites excluding steroid dienone is 1. The summed E-state index contributed by atoms with van der Waals surface area (Å²) in [5.74, 6) is 0.458. The largest absolute Gasteiger partial charge is 0.490 e. The summed E-state index contributed by atoms with van der Waals surface area (Å²) in [5, 5.41) is -0.0335. The van der Waals surface area contributed by atoms with Crippen LogP contribution in [0.1, 0.15) is 67.4 Å². The number of fused-ring (bicyclic) bond motifs is 5. The van der Waals surface area contributed by atoms with Gasteiger partial charge in [-0.25, -0.2) is 13.1 Å². The molecule has 0 radical (unpaired) electrons. The van der Waals surface area contributed by atoms with E-state index in [0.717, 1.165) is 102 Å². The van der Waals surface area contributed by atoms with Gasteiger partial charge in [-0.3, -0.25) is 14.6 Å². The molecule has 1 saturated carbocycles. The highest BCUT2D eigenvalue weighted by Gasteiger charge is 2.50. The second-order valence-electron chi connectivity index (χ2n) is 16.7. The third-order valence-corrected chi connectivity index (χ3v) is 15.8. The Morgan fingerprint density at radius 2 is 1.94 bits per heavy atom. The number of anilines is 1. The van der Waals surface area contributed by atoms with Crippen molar-refractivity contribution < 1.29 is 27.4 Å². The van der Waals surface area contributed by atoms with Crippen LogP contribution in [0, 0.1) is 17.8 Å². The van der Waals surface area contributed by atoms with E-state index in [0.29, 0.717) is 36.3 Å². The first kappa shape index (κ1) is 37.3. The maximum atomic E-state index is 13.7. The smallest absolute Gasteiger partial charge is 0.264 e. The molecule has 7 atom stereocenters. The molecule has 2 aliphatic carbocycles. The van der Waals surface area contributed by atoms with Crippen molar-refractivity contribution in [1.29, 1.82) is 0 Å². The van der Waals surface area contributed by atoms with Crippen molar-refractivity contribution in [3.05, 3.63) is 70.3 Å². The number of halogens is 1. The Morgan fingerprint density at radius 3 is 2.75 bits per heavy atom. The van der Waals surface area contributed by atoms with Crippen molar-refractivity contribution in [2.24, 2.45) is 17.8 Å². The van der Waals surface area contributed by atoms with Crippen LogP contribution in [0.4, 0.5) is 5.69 Å². The van der Waals surface area contributed by atoms with E-state index < -0.39 is 26.8 Å². The number of aryl methyl sites for hydroxylation is 1. The van der Waals surface area contributed by atoms with E-state index in [1.807, 2.05) is 32.2 Å². The van der Waals surface area contributed by atoms with Gasteiger partial charge in [-0.15, -0.1) is 0 Å². The van der Waals surface area contributed by atoms with Gasteiger partial charge in [0.05, 0.1) is 30.8 Å². The zero-order chi connectivity index (χ0) is 37.0. The molecule has 12 heteroatoms. The Kier molecular flexibility index (Phi) is 10.4. The molecule has 8 rings (SSSR count). The molecule has 3 fully saturated rings. The van der Waals surface area contributed by atoms with Gasteiger partial charge in [-0.2, -0.15) is 0 Å². The summed E-state index contributed by atoms with van der Waals surface area (Å²) in [6.45, 7) is 11.9. The summed E-state index contributed by atoms with van der Waals surface area (Å²) in [7, 11) is -2.11. The van der Waals surface area contributed by atoms with Crippen molar-refractivity contribution >= 4 is 33.2 Å². The molecular weight excluding hydrogens is 712 g/mol. The highest BCUT2D eigenvalue weighted by molar-refractivity contribution is 7.90. The van der Waals surface area contributed by atoms with Gasteiger partial charge in [-0.05, 0) is 105 Å². The number of benzene rings is 2. The van der Waals surface area contributed by atoms with Crippen LogP contribution in [-0.2, 0) is 31.3 Å². The molecule has 2 aromatic carbocycles. The fourth-order valence-electron chi connectivity index (χ4n) is 10.1. The van der Waals surface area contributed by atoms with Crippen LogP contribution in [-0.4, -0.2) is 114 Å². The molecule has 1 amide bonds. The van der Waals surface area contributed by atoms with Gasteiger partial charge >= 0.3 is 0 Å². The number of carbonyl (C=O) groups excluding carboxylic acids is 1. The third kappa shape index (κ3) is 7.15. The number of rotatable bonds is 3. The number of ether oxygens (including phenoxy) is 3. The van der Waals surface area contributed by atoms with Crippen molar-refractivity contribution in [2.45, 2.75) is 74.7 Å². The Balaban J connectivity index is 1.19. The second kappa shape index (κ2) is 14.8. The van der Waals surface area contributed by atoms with Gasteiger partial charge in [0.2, 0.25) is 10.0 Å². The van der Waals surface area contributed by atoms with E-state index in [4.69, 9.17) is 25.8 Å². The lowest BCUT2D eigenvalue weighted by Gasteiger charge is -2.53. The number of nitrogens with one attached hydrogen (secondary N) is 1. The first-order valence-electron chi connectivity index (χ1n) is 19.6. The van der Waals surface area contributed by atoms with Crippen LogP contribution in [0.15, 0.2) is 48.6 Å². The molecule has 2 aromatic rings. The summed E-state index contributed by atoms with van der Waals surface area (Å²) in [4.78, 5) is 21.2. The summed E-state index contributed by atoms with van der Waals surface area (Å²) in [5.41, 5.74) is 2.88. The zero-order valence-electron chi connectivity index (χ0n) is 31.4. The molecule has 288 valence electrons. The first-order chi connectivity index (χ1) is 25.5. The van der Waals surface area contributed by atoms with Gasteiger partial charge in [0.15, 0.2) is 0 Å². The Labute approximate surface area is 320 Å². The number of piperazine rings is 1. The molecule has 1 spiro atoms. The third-order valence-electron chi connectivity index (χ3n) is 13.6. The SMILES string of the molecule is CO[C@]1(CN2CCN3CCOC[C@H]3C2)/C=C\C[C@H](C)[C@@H](C)S(=O)(=O)NC(=O)c2ccc3c(c2)N(C[C@@H]2CC[C@H]21)C[C@@]1(CCCc2cc(Cl)ccc21)CO3. The predicted octanol–water partition coefficient (Wildman–Crippen LogP) is 5.29. The Hall–Kier alpha value is -2.67. The van der Waals surface area contributed by atoms with E-state index >= 15 is 0 Å². The molecule has 2 bridgehead atoms. The number of hydrogen-bond acceptors (Lipinski definition) is 9. The first-order valence-corrected chi connectivity index (χ1v) is 21.6. The highest BCUT2D eigenvalue weighted by Crippen LogP contribution is 2.49. The minimum Gasteiger partial charge on any atom is -0.490 e. The van der Waals surface area contributed by atoms with Gasteiger partial charge in [0.1, 0.15) is 11.4 Å². The number of nitrogens with zero attached hydrogens (tertiary/aromatic N) is 3. The maximum Gasteiger partial charge on any atom is 0.264 e. The van der Waals surface area contributed by atoms with Crippen molar-refractivity contribution in [3.63, 3.8) is 0 Å². The van der Waals surface area contributed by atoms with Gasteiger partial charge in [-0.1, -0.05) is 36.7 Å². The Bertz CT molecular complexity index is 1840. The second-order valence-corrected chi connectivity index (χ2v) is 19.2. The lowest BCUT2D eigenvalue weighted by atomic mass is 9.63. The molecule has 6 aliphatic rings. The lowest BCUT2D eigenvalue weighted by Crippen LogP contribution is -2.62. The number of sulfonamides is 1. The average Bonchev–Trinajstić information content (AvgIpc) is 3.28. The molecule has 2 saturated heterocycles. The summed E-state index contributed by atoms with van der Waals surface area (Å²) in [6.07, 6.45) is 10.1. The van der Waals surface area contributed by atoms with Crippen LogP contribution < -0.4 is 14.4 Å². The van der Waals surface area contributed by atoms with E-state index in [1.165, 1.54) is 11.1 Å². The van der Waals surface area contributed by atoms with Crippen LogP contribution in [0.25, 0.3) is 0 Å². The Morgan fingerprint density at radius 1 is 1.08 bits per heavy atom. The monoisotopic (exact) mass is 766 g/mol. The van der Waals surface area contributed by atoms with E-state index in [1.54, 1.807) is 13.0 Å². The summed E-state index contributed by atoms with van der Waals surface area (Å²) < 4.78 is 49.0. The molecule has 0 unspecified atom stereocenters. The average molecular weight is 767 g/mol. The van der Waals surface area contributed by atoms with Gasteiger partial charge in [0.25, 0.3) is 5.91 Å². The minimum absolute atomic E-state index is 0.223. The van der Waals surface area contributed by atoms with Crippen LogP contribution in [0.3, 0.4) is 0 Å². The standard InChI is InChI=1S/C41H55ClN4O6S/c1-28-6-4-15-41(50-3,26-44-16-17-45-18-19-51-24-34(45)23-44)36-11-8-32(36)22-46-25-40(14-5-7-30-20-33(42)10-12-35(30)40)27-52-38-13-9-31(21-37(38)46)39(47)43-53(48,49)29(28)2/h4,9-10,12-13,15,20-21,28-29,32,34,36H,5-8,11,14,16-19,22-27H2,1-3H3,(H,43,47)/b15-4-/t28-,29+,32-,34+,36+,40-,41-/m0/s1. The van der Waals surface area contributed by atoms with Crippen molar-refractivity contribution in [2.75, 3.05) is 77.6 Å². The van der Waals surface area contributed by atoms with Crippen LogP contribution in [0.2, 0.25) is 5.02 Å². The number of methoxy groups -OCH3 is 1. The lowest BCUT2D eigenvalue weighted by molar-refractivity contribution is -0.108. The molecule has 1 N–H and O–H groups in total. The minimum atomic E-state index is -3.96. The maximum absolute atomic E-state index is 13.7. The molecule has 0 aromatic heterocycles. The zero-order valence-corrected chi connectivity index (χ0v) is 33.0. The molecular formula is C41H55ClN4O6S. The molecule has 10 nitrogen and oxygen atoms in total. The number of morpholine rings is 1. The fraction of sp³-hybridized carbons (Fsp3) is 0.634. The fourth-order valence-corrected chi connectivity index (χ4v) is 11.6.